The van der Waals surface area contributed by atoms with Crippen LogP contribution in [0.1, 0.15) is 24.1 Å². The molecule has 1 N–H and O–H groups in total. The SMILES string of the molecule is Cn1cnc(CNC(=O)C2(Cc3ccccc3F)CCOCC2)c1. The van der Waals surface area contributed by atoms with Crippen LogP contribution in [-0.4, -0.2) is 28.7 Å². The fourth-order valence-corrected chi connectivity index (χ4v) is 3.17. The van der Waals surface area contributed by atoms with Gasteiger partial charge in [-0.1, -0.05) is 18.2 Å². The molecule has 0 saturated carbocycles. The number of hydrogen-bond donors (Lipinski definition) is 1. The molecule has 1 saturated heterocycles. The zero-order chi connectivity index (χ0) is 17.0. The highest BCUT2D eigenvalue weighted by Crippen LogP contribution is 2.35. The minimum absolute atomic E-state index is 0.0558. The number of carbonyl (C=O) groups excluding carboxylic acids is 1. The van der Waals surface area contributed by atoms with Crippen molar-refractivity contribution in [2.75, 3.05) is 13.2 Å². The van der Waals surface area contributed by atoms with E-state index in [1.165, 1.54) is 6.07 Å². The summed E-state index contributed by atoms with van der Waals surface area (Å²) in [4.78, 5) is 17.1. The summed E-state index contributed by atoms with van der Waals surface area (Å²) >= 11 is 0. The van der Waals surface area contributed by atoms with E-state index in [1.54, 1.807) is 24.5 Å². The van der Waals surface area contributed by atoms with Crippen LogP contribution >= 0.6 is 0 Å². The highest BCUT2D eigenvalue weighted by molar-refractivity contribution is 5.83. The standard InChI is InChI=1S/C18H22FN3O2/c1-22-12-15(21-13-22)11-20-17(23)18(6-8-24-9-7-18)10-14-4-2-3-5-16(14)19/h2-5,12-13H,6-11H2,1H3,(H,20,23). The van der Waals surface area contributed by atoms with E-state index in [0.29, 0.717) is 44.6 Å². The van der Waals surface area contributed by atoms with E-state index in [0.717, 1.165) is 5.69 Å². The van der Waals surface area contributed by atoms with E-state index in [9.17, 15) is 9.18 Å². The first kappa shape index (κ1) is 16.6. The quantitative estimate of drug-likeness (QED) is 0.914. The largest absolute Gasteiger partial charge is 0.381 e. The van der Waals surface area contributed by atoms with Gasteiger partial charge < -0.3 is 14.6 Å². The molecule has 3 rings (SSSR count). The maximum Gasteiger partial charge on any atom is 0.227 e. The third-order valence-corrected chi connectivity index (χ3v) is 4.61. The van der Waals surface area contributed by atoms with Crippen molar-refractivity contribution in [2.24, 2.45) is 12.5 Å². The van der Waals surface area contributed by atoms with Crippen molar-refractivity contribution in [3.8, 4) is 0 Å². The molecule has 128 valence electrons. The molecule has 1 fully saturated rings. The molecule has 1 aliphatic rings. The Balaban J connectivity index is 1.74. The molecule has 0 unspecified atom stereocenters. The van der Waals surface area contributed by atoms with Crippen molar-refractivity contribution in [1.29, 1.82) is 0 Å². The van der Waals surface area contributed by atoms with Gasteiger partial charge in [-0.25, -0.2) is 9.37 Å². The van der Waals surface area contributed by atoms with Gasteiger partial charge >= 0.3 is 0 Å². The number of amides is 1. The maximum absolute atomic E-state index is 14.1. The number of ether oxygens (including phenoxy) is 1. The summed E-state index contributed by atoms with van der Waals surface area (Å²) in [7, 11) is 1.89. The monoisotopic (exact) mass is 331 g/mol. The summed E-state index contributed by atoms with van der Waals surface area (Å²) in [6.45, 7) is 1.41. The molecule has 5 nitrogen and oxygen atoms in total. The van der Waals surface area contributed by atoms with Gasteiger partial charge in [0.15, 0.2) is 0 Å². The van der Waals surface area contributed by atoms with Crippen LogP contribution in [0, 0.1) is 11.2 Å². The normalized spacial score (nSPS) is 16.8. The molecule has 0 spiro atoms. The molecule has 1 aromatic carbocycles. The van der Waals surface area contributed by atoms with E-state index >= 15 is 0 Å². The van der Waals surface area contributed by atoms with Crippen LogP contribution in [0.5, 0.6) is 0 Å². The third-order valence-electron chi connectivity index (χ3n) is 4.61. The first-order valence-electron chi connectivity index (χ1n) is 8.15. The summed E-state index contributed by atoms with van der Waals surface area (Å²) in [6, 6.07) is 6.65. The Morgan fingerprint density at radius 1 is 1.38 bits per heavy atom. The Bertz CT molecular complexity index is 708. The highest BCUT2D eigenvalue weighted by atomic mass is 19.1. The summed E-state index contributed by atoms with van der Waals surface area (Å²) in [5.74, 6) is -0.319. The zero-order valence-corrected chi connectivity index (χ0v) is 13.8. The van der Waals surface area contributed by atoms with Crippen molar-refractivity contribution >= 4 is 5.91 Å². The van der Waals surface area contributed by atoms with Crippen LogP contribution in [0.25, 0.3) is 0 Å². The lowest BCUT2D eigenvalue weighted by atomic mass is 9.74. The number of aromatic nitrogens is 2. The lowest BCUT2D eigenvalue weighted by Crippen LogP contribution is -2.46. The van der Waals surface area contributed by atoms with Gasteiger partial charge in [0, 0.05) is 26.5 Å². The lowest BCUT2D eigenvalue weighted by molar-refractivity contribution is -0.136. The van der Waals surface area contributed by atoms with Gasteiger partial charge in [0.05, 0.1) is 24.0 Å². The number of imidazole rings is 1. The Morgan fingerprint density at radius 3 is 2.79 bits per heavy atom. The minimum atomic E-state index is -0.630. The molecule has 1 amide bonds. The van der Waals surface area contributed by atoms with Crippen LogP contribution in [-0.2, 0) is 29.5 Å². The first-order valence-corrected chi connectivity index (χ1v) is 8.15. The van der Waals surface area contributed by atoms with E-state index < -0.39 is 5.41 Å². The minimum Gasteiger partial charge on any atom is -0.381 e. The van der Waals surface area contributed by atoms with Gasteiger partial charge in [-0.2, -0.15) is 0 Å². The van der Waals surface area contributed by atoms with Crippen LogP contribution < -0.4 is 5.32 Å². The topological polar surface area (TPSA) is 56.2 Å². The Labute approximate surface area is 140 Å². The number of halogens is 1. The van der Waals surface area contributed by atoms with Crippen LogP contribution in [0.2, 0.25) is 0 Å². The van der Waals surface area contributed by atoms with Crippen molar-refractivity contribution in [3.63, 3.8) is 0 Å². The number of nitrogens with zero attached hydrogens (tertiary/aromatic N) is 2. The fraction of sp³-hybridized carbons (Fsp3) is 0.444. The van der Waals surface area contributed by atoms with Gasteiger partial charge in [0.1, 0.15) is 5.82 Å². The molecule has 1 aliphatic heterocycles. The average Bonchev–Trinajstić information content (AvgIpc) is 3.01. The second kappa shape index (κ2) is 7.13. The predicted octanol–water partition coefficient (Wildman–Crippen LogP) is 2.21. The number of carbonyl (C=O) groups is 1. The number of aryl methyl sites for hydroxylation is 1. The molecule has 0 aliphatic carbocycles. The van der Waals surface area contributed by atoms with Gasteiger partial charge in [-0.3, -0.25) is 4.79 Å². The molecule has 6 heteroatoms. The van der Waals surface area contributed by atoms with E-state index in [4.69, 9.17) is 4.74 Å². The molecule has 0 bridgehead atoms. The van der Waals surface area contributed by atoms with E-state index in [1.807, 2.05) is 17.8 Å². The Hall–Kier alpha value is -2.21. The third kappa shape index (κ3) is 3.64. The molecule has 2 heterocycles. The van der Waals surface area contributed by atoms with Crippen LogP contribution in [0.15, 0.2) is 36.8 Å². The van der Waals surface area contributed by atoms with Gasteiger partial charge in [-0.15, -0.1) is 0 Å². The fourth-order valence-electron chi connectivity index (χ4n) is 3.17. The molecule has 2 aromatic rings. The number of rotatable bonds is 5. The molecule has 0 radical (unpaired) electrons. The molecular formula is C18H22FN3O2. The van der Waals surface area contributed by atoms with Crippen LogP contribution in [0.3, 0.4) is 0 Å². The summed E-state index contributed by atoms with van der Waals surface area (Å²) < 4.78 is 21.3. The number of hydrogen-bond acceptors (Lipinski definition) is 3. The van der Waals surface area contributed by atoms with Gasteiger partial charge in [0.2, 0.25) is 5.91 Å². The lowest BCUT2D eigenvalue weighted by Gasteiger charge is -2.36. The van der Waals surface area contributed by atoms with Crippen molar-refractivity contribution in [3.05, 3.63) is 53.9 Å². The molecule has 1 aromatic heterocycles. The Kier molecular flexibility index (Phi) is 4.94. The maximum atomic E-state index is 14.1. The smallest absolute Gasteiger partial charge is 0.227 e. The zero-order valence-electron chi connectivity index (χ0n) is 13.8. The van der Waals surface area contributed by atoms with E-state index in [2.05, 4.69) is 10.3 Å². The first-order chi connectivity index (χ1) is 11.6. The average molecular weight is 331 g/mol. The second-order valence-corrected chi connectivity index (χ2v) is 6.37. The van der Waals surface area contributed by atoms with Gasteiger partial charge in [-0.05, 0) is 30.9 Å². The number of benzene rings is 1. The van der Waals surface area contributed by atoms with E-state index in [-0.39, 0.29) is 11.7 Å². The van der Waals surface area contributed by atoms with Crippen molar-refractivity contribution in [2.45, 2.75) is 25.8 Å². The molecule has 0 atom stereocenters. The number of nitrogens with one attached hydrogen (secondary N) is 1. The van der Waals surface area contributed by atoms with Gasteiger partial charge in [0.25, 0.3) is 0 Å². The Morgan fingerprint density at radius 2 is 2.12 bits per heavy atom. The summed E-state index contributed by atoms with van der Waals surface area (Å²) in [6.07, 6.45) is 5.14. The van der Waals surface area contributed by atoms with Crippen LogP contribution in [0.4, 0.5) is 4.39 Å². The summed E-state index contributed by atoms with van der Waals surface area (Å²) in [5, 5.41) is 2.97. The van der Waals surface area contributed by atoms with Crippen molar-refractivity contribution in [1.82, 2.24) is 14.9 Å². The second-order valence-electron chi connectivity index (χ2n) is 6.37. The predicted molar refractivity (Wildman–Crippen MR) is 87.6 cm³/mol. The highest BCUT2D eigenvalue weighted by Gasteiger charge is 2.40. The molecule has 24 heavy (non-hydrogen) atoms. The summed E-state index contributed by atoms with van der Waals surface area (Å²) in [5.41, 5.74) is 0.751. The molecular weight excluding hydrogens is 309 g/mol. The van der Waals surface area contributed by atoms with Crippen molar-refractivity contribution < 1.29 is 13.9 Å².